The van der Waals surface area contributed by atoms with Gasteiger partial charge in [0.1, 0.15) is 0 Å². The topological polar surface area (TPSA) is 42.4 Å². The molecule has 0 aliphatic rings. The van der Waals surface area contributed by atoms with Gasteiger partial charge in [-0.15, -0.1) is 0 Å². The summed E-state index contributed by atoms with van der Waals surface area (Å²) in [7, 11) is 3.41. The molecule has 1 heterocycles. The summed E-state index contributed by atoms with van der Waals surface area (Å²) >= 11 is 0. The van der Waals surface area contributed by atoms with Crippen LogP contribution in [-0.2, 0) is 17.8 Å². The number of methoxy groups -OCH3 is 1. The van der Waals surface area contributed by atoms with Crippen molar-refractivity contribution in [1.82, 2.24) is 9.88 Å². The molecule has 0 bridgehead atoms. The molecule has 0 atom stereocenters. The van der Waals surface area contributed by atoms with Crippen LogP contribution in [0.25, 0.3) is 0 Å². The number of rotatable bonds is 5. The first-order chi connectivity index (χ1) is 9.69. The fraction of sp³-hybridized carbons (Fsp3) is 0.250. The van der Waals surface area contributed by atoms with Crippen LogP contribution in [0.4, 0.5) is 0 Å². The van der Waals surface area contributed by atoms with Crippen molar-refractivity contribution >= 4 is 5.97 Å². The van der Waals surface area contributed by atoms with Gasteiger partial charge in [-0.3, -0.25) is 9.88 Å². The van der Waals surface area contributed by atoms with Crippen molar-refractivity contribution in [2.45, 2.75) is 13.1 Å². The molecule has 0 unspecified atom stereocenters. The second kappa shape index (κ2) is 6.82. The summed E-state index contributed by atoms with van der Waals surface area (Å²) in [6.45, 7) is 1.59. The number of ether oxygens (including phenoxy) is 1. The summed E-state index contributed by atoms with van der Waals surface area (Å²) in [5.74, 6) is -0.360. The first-order valence-corrected chi connectivity index (χ1v) is 6.45. The maximum atomic E-state index is 11.3. The van der Waals surface area contributed by atoms with Gasteiger partial charge in [-0.1, -0.05) is 30.3 Å². The van der Waals surface area contributed by atoms with Crippen molar-refractivity contribution in [3.8, 4) is 0 Å². The van der Waals surface area contributed by atoms with Crippen LogP contribution in [0, 0.1) is 0 Å². The molecule has 0 fully saturated rings. The predicted molar refractivity (Wildman–Crippen MR) is 77.2 cm³/mol. The molecule has 2 aromatic rings. The normalized spacial score (nSPS) is 10.6. The zero-order valence-electron chi connectivity index (χ0n) is 11.7. The van der Waals surface area contributed by atoms with E-state index in [4.69, 9.17) is 0 Å². The van der Waals surface area contributed by atoms with Gasteiger partial charge in [0.25, 0.3) is 0 Å². The molecule has 104 valence electrons. The van der Waals surface area contributed by atoms with Gasteiger partial charge >= 0.3 is 5.97 Å². The largest absolute Gasteiger partial charge is 0.465 e. The van der Waals surface area contributed by atoms with Crippen LogP contribution >= 0.6 is 0 Å². The first-order valence-electron chi connectivity index (χ1n) is 6.45. The fourth-order valence-electron chi connectivity index (χ4n) is 1.98. The number of esters is 1. The number of carbonyl (C=O) groups excluding carboxylic acids is 1. The zero-order chi connectivity index (χ0) is 14.4. The van der Waals surface area contributed by atoms with E-state index in [1.807, 2.05) is 31.3 Å². The van der Waals surface area contributed by atoms with Crippen molar-refractivity contribution in [2.24, 2.45) is 0 Å². The number of pyridine rings is 1. The Bertz CT molecular complexity index is 552. The summed E-state index contributed by atoms with van der Waals surface area (Å²) in [6.07, 6.45) is 1.55. The second-order valence-corrected chi connectivity index (χ2v) is 4.69. The minimum absolute atomic E-state index is 0.360. The molecule has 20 heavy (non-hydrogen) atoms. The van der Waals surface area contributed by atoms with E-state index in [-0.39, 0.29) is 5.97 Å². The molecule has 0 saturated carbocycles. The van der Waals surface area contributed by atoms with E-state index >= 15 is 0 Å². The van der Waals surface area contributed by atoms with Crippen molar-refractivity contribution in [3.63, 3.8) is 0 Å². The SMILES string of the molecule is COC(=O)c1ccc(CN(C)Cc2ccccc2)nc1. The van der Waals surface area contributed by atoms with Gasteiger partial charge < -0.3 is 4.74 Å². The third-order valence-electron chi connectivity index (χ3n) is 2.97. The zero-order valence-corrected chi connectivity index (χ0v) is 11.7. The fourth-order valence-corrected chi connectivity index (χ4v) is 1.98. The Morgan fingerprint density at radius 1 is 1.15 bits per heavy atom. The van der Waals surface area contributed by atoms with Gasteiger partial charge in [-0.2, -0.15) is 0 Å². The smallest absolute Gasteiger partial charge is 0.339 e. The summed E-state index contributed by atoms with van der Waals surface area (Å²) in [5.41, 5.74) is 2.67. The van der Waals surface area contributed by atoms with Gasteiger partial charge in [-0.25, -0.2) is 4.79 Å². The minimum Gasteiger partial charge on any atom is -0.465 e. The van der Waals surface area contributed by atoms with E-state index in [1.54, 1.807) is 12.3 Å². The van der Waals surface area contributed by atoms with Crippen molar-refractivity contribution in [1.29, 1.82) is 0 Å². The van der Waals surface area contributed by atoms with Crippen LogP contribution < -0.4 is 0 Å². The van der Waals surface area contributed by atoms with Gasteiger partial charge in [-0.05, 0) is 24.7 Å². The molecule has 0 aliphatic carbocycles. The quantitative estimate of drug-likeness (QED) is 0.783. The lowest BCUT2D eigenvalue weighted by Gasteiger charge is -2.16. The van der Waals surface area contributed by atoms with Crippen LogP contribution in [-0.4, -0.2) is 30.0 Å². The second-order valence-electron chi connectivity index (χ2n) is 4.69. The molecule has 0 saturated heterocycles. The average Bonchev–Trinajstić information content (AvgIpc) is 2.48. The number of benzene rings is 1. The highest BCUT2D eigenvalue weighted by Crippen LogP contribution is 2.07. The van der Waals surface area contributed by atoms with E-state index in [1.165, 1.54) is 12.7 Å². The van der Waals surface area contributed by atoms with Crippen molar-refractivity contribution in [2.75, 3.05) is 14.2 Å². The Balaban J connectivity index is 1.94. The molecule has 0 spiro atoms. The number of hydrogen-bond donors (Lipinski definition) is 0. The maximum absolute atomic E-state index is 11.3. The van der Waals surface area contributed by atoms with Gasteiger partial charge in [0.15, 0.2) is 0 Å². The molecular weight excluding hydrogens is 252 g/mol. The van der Waals surface area contributed by atoms with E-state index < -0.39 is 0 Å². The van der Waals surface area contributed by atoms with E-state index in [0.29, 0.717) is 5.56 Å². The number of nitrogens with zero attached hydrogens (tertiary/aromatic N) is 2. The van der Waals surface area contributed by atoms with Crippen LogP contribution in [0.15, 0.2) is 48.7 Å². The van der Waals surface area contributed by atoms with E-state index in [0.717, 1.165) is 18.8 Å². The third kappa shape index (κ3) is 3.90. The number of hydrogen-bond acceptors (Lipinski definition) is 4. The molecule has 0 aliphatic heterocycles. The maximum Gasteiger partial charge on any atom is 0.339 e. The van der Waals surface area contributed by atoms with E-state index in [9.17, 15) is 4.79 Å². The first kappa shape index (κ1) is 14.2. The molecule has 1 aromatic heterocycles. The highest BCUT2D eigenvalue weighted by molar-refractivity contribution is 5.88. The summed E-state index contributed by atoms with van der Waals surface area (Å²) < 4.78 is 4.65. The van der Waals surface area contributed by atoms with Crippen LogP contribution in [0.5, 0.6) is 0 Å². The predicted octanol–water partition coefficient (Wildman–Crippen LogP) is 2.50. The molecule has 0 N–H and O–H groups in total. The standard InChI is InChI=1S/C16H18N2O2/c1-18(11-13-6-4-3-5-7-13)12-15-9-8-14(10-17-15)16(19)20-2/h3-10H,11-12H2,1-2H3. The lowest BCUT2D eigenvalue weighted by molar-refractivity contribution is 0.0600. The van der Waals surface area contributed by atoms with Crippen molar-refractivity contribution < 1.29 is 9.53 Å². The van der Waals surface area contributed by atoms with E-state index in [2.05, 4.69) is 26.8 Å². The van der Waals surface area contributed by atoms with Gasteiger partial charge in [0, 0.05) is 19.3 Å². The third-order valence-corrected chi connectivity index (χ3v) is 2.97. The van der Waals surface area contributed by atoms with Crippen molar-refractivity contribution in [3.05, 3.63) is 65.5 Å². The number of aromatic nitrogens is 1. The van der Waals surface area contributed by atoms with Crippen LogP contribution in [0.3, 0.4) is 0 Å². The molecule has 0 radical (unpaired) electrons. The highest BCUT2D eigenvalue weighted by atomic mass is 16.5. The minimum atomic E-state index is -0.360. The lowest BCUT2D eigenvalue weighted by Crippen LogP contribution is -2.18. The number of carbonyl (C=O) groups is 1. The van der Waals surface area contributed by atoms with Crippen LogP contribution in [0.2, 0.25) is 0 Å². The molecule has 0 amide bonds. The molecular formula is C16H18N2O2. The molecule has 4 heteroatoms. The Morgan fingerprint density at radius 2 is 1.90 bits per heavy atom. The highest BCUT2D eigenvalue weighted by Gasteiger charge is 2.07. The average molecular weight is 270 g/mol. The Hall–Kier alpha value is -2.20. The molecule has 2 rings (SSSR count). The summed E-state index contributed by atoms with van der Waals surface area (Å²) in [4.78, 5) is 17.8. The van der Waals surface area contributed by atoms with Crippen LogP contribution in [0.1, 0.15) is 21.6 Å². The Morgan fingerprint density at radius 3 is 2.50 bits per heavy atom. The Kier molecular flexibility index (Phi) is 4.85. The molecule has 1 aromatic carbocycles. The Labute approximate surface area is 119 Å². The van der Waals surface area contributed by atoms with Gasteiger partial charge in [0.2, 0.25) is 0 Å². The van der Waals surface area contributed by atoms with Gasteiger partial charge in [0.05, 0.1) is 18.4 Å². The lowest BCUT2D eigenvalue weighted by atomic mass is 10.2. The monoisotopic (exact) mass is 270 g/mol. The summed E-state index contributed by atoms with van der Waals surface area (Å²) in [5, 5.41) is 0. The summed E-state index contributed by atoms with van der Waals surface area (Å²) in [6, 6.07) is 13.9. The molecule has 4 nitrogen and oxygen atoms in total.